The van der Waals surface area contributed by atoms with E-state index in [4.69, 9.17) is 10.5 Å². The Morgan fingerprint density at radius 2 is 1.74 bits per heavy atom. The van der Waals surface area contributed by atoms with Crippen LogP contribution in [0.5, 0.6) is 5.75 Å². The smallest absolute Gasteiger partial charge is 0.178 e. The number of benzene rings is 1. The molecule has 1 aromatic carbocycles. The van der Waals surface area contributed by atoms with E-state index in [1.165, 1.54) is 0 Å². The zero-order valence-electron chi connectivity index (χ0n) is 11.2. The highest BCUT2D eigenvalue weighted by atomic mass is 32.2. The number of hydrogen-bond acceptors (Lipinski definition) is 4. The molecule has 1 aromatic rings. The molecule has 0 bridgehead atoms. The van der Waals surface area contributed by atoms with Gasteiger partial charge in [-0.2, -0.15) is 0 Å². The predicted octanol–water partition coefficient (Wildman–Crippen LogP) is 2.13. The maximum Gasteiger partial charge on any atom is 0.178 e. The van der Waals surface area contributed by atoms with Crippen molar-refractivity contribution in [1.82, 2.24) is 0 Å². The lowest BCUT2D eigenvalue weighted by Crippen LogP contribution is -2.31. The van der Waals surface area contributed by atoms with Gasteiger partial charge in [0.1, 0.15) is 5.75 Å². The molecule has 0 aromatic heterocycles. The molecule has 106 valence electrons. The maximum absolute atomic E-state index is 11.7. The van der Waals surface area contributed by atoms with Gasteiger partial charge in [-0.25, -0.2) is 8.42 Å². The fourth-order valence-corrected chi connectivity index (χ4v) is 3.18. The molecule has 0 amide bonds. The molecule has 5 heteroatoms. The molecule has 0 saturated heterocycles. The average Bonchev–Trinajstić information content (AvgIpc) is 2.42. The van der Waals surface area contributed by atoms with Crippen molar-refractivity contribution in [3.05, 3.63) is 24.3 Å². The maximum atomic E-state index is 11.7. The first-order valence-corrected chi connectivity index (χ1v) is 8.41. The number of nitrogens with two attached hydrogens (primary N) is 1. The summed E-state index contributed by atoms with van der Waals surface area (Å²) in [6, 6.07) is 7.00. The minimum absolute atomic E-state index is 0.119. The second kappa shape index (κ2) is 5.92. The quantitative estimate of drug-likeness (QED) is 0.919. The van der Waals surface area contributed by atoms with Gasteiger partial charge in [0.2, 0.25) is 0 Å². The van der Waals surface area contributed by atoms with Crippen LogP contribution < -0.4 is 10.5 Å². The third-order valence-electron chi connectivity index (χ3n) is 3.58. The molecule has 0 radical (unpaired) electrons. The normalized spacial score (nSPS) is 24.1. The molecule has 0 atom stereocenters. The second-order valence-electron chi connectivity index (χ2n) is 5.03. The minimum atomic E-state index is -3.13. The van der Waals surface area contributed by atoms with Gasteiger partial charge in [-0.3, -0.25) is 0 Å². The summed E-state index contributed by atoms with van der Waals surface area (Å²) in [6.45, 7) is 1.64. The Hall–Kier alpha value is -1.07. The Morgan fingerprint density at radius 1 is 1.16 bits per heavy atom. The summed E-state index contributed by atoms with van der Waals surface area (Å²) in [5.74, 6) is 0.851. The molecule has 0 spiro atoms. The molecule has 1 fully saturated rings. The largest absolute Gasteiger partial charge is 0.490 e. The summed E-state index contributed by atoms with van der Waals surface area (Å²) >= 11 is 0. The van der Waals surface area contributed by atoms with Crippen molar-refractivity contribution in [2.24, 2.45) is 5.73 Å². The van der Waals surface area contributed by atoms with Gasteiger partial charge in [0, 0.05) is 6.04 Å². The number of sulfone groups is 1. The van der Waals surface area contributed by atoms with Crippen LogP contribution in [0, 0.1) is 0 Å². The summed E-state index contributed by atoms with van der Waals surface area (Å²) in [5, 5.41) is 0. The van der Waals surface area contributed by atoms with Gasteiger partial charge >= 0.3 is 0 Å². The van der Waals surface area contributed by atoms with Gasteiger partial charge in [-0.1, -0.05) is 6.92 Å². The highest BCUT2D eigenvalue weighted by Gasteiger charge is 2.20. The SMILES string of the molecule is CCS(=O)(=O)c1ccc(OC2CCC(N)CC2)cc1. The Kier molecular flexibility index (Phi) is 4.47. The van der Waals surface area contributed by atoms with Crippen molar-refractivity contribution in [2.45, 2.75) is 49.6 Å². The Bertz CT molecular complexity index is 502. The fourth-order valence-electron chi connectivity index (χ4n) is 2.29. The van der Waals surface area contributed by atoms with E-state index < -0.39 is 9.84 Å². The molecule has 4 nitrogen and oxygen atoms in total. The van der Waals surface area contributed by atoms with Crippen molar-refractivity contribution in [3.8, 4) is 5.75 Å². The lowest BCUT2D eigenvalue weighted by molar-refractivity contribution is 0.147. The van der Waals surface area contributed by atoms with Crippen molar-refractivity contribution in [3.63, 3.8) is 0 Å². The van der Waals surface area contributed by atoms with E-state index in [-0.39, 0.29) is 11.9 Å². The highest BCUT2D eigenvalue weighted by molar-refractivity contribution is 7.91. The molecule has 1 aliphatic carbocycles. The molecule has 1 saturated carbocycles. The van der Waals surface area contributed by atoms with E-state index in [2.05, 4.69) is 0 Å². The summed E-state index contributed by atoms with van der Waals surface area (Å²) in [5.41, 5.74) is 5.85. The molecular formula is C14H21NO3S. The van der Waals surface area contributed by atoms with Crippen LogP contribution >= 0.6 is 0 Å². The number of ether oxygens (including phenoxy) is 1. The first-order valence-electron chi connectivity index (χ1n) is 6.76. The average molecular weight is 283 g/mol. The van der Waals surface area contributed by atoms with Crippen molar-refractivity contribution in [2.75, 3.05) is 5.75 Å². The third kappa shape index (κ3) is 3.70. The number of hydrogen-bond donors (Lipinski definition) is 1. The van der Waals surface area contributed by atoms with Crippen LogP contribution in [0.15, 0.2) is 29.2 Å². The van der Waals surface area contributed by atoms with Gasteiger partial charge in [-0.05, 0) is 49.9 Å². The van der Waals surface area contributed by atoms with E-state index in [9.17, 15) is 8.42 Å². The lowest BCUT2D eigenvalue weighted by Gasteiger charge is -2.26. The van der Waals surface area contributed by atoms with Crippen molar-refractivity contribution >= 4 is 9.84 Å². The summed E-state index contributed by atoms with van der Waals surface area (Å²) < 4.78 is 29.2. The van der Waals surface area contributed by atoms with Gasteiger partial charge in [0.25, 0.3) is 0 Å². The first-order chi connectivity index (χ1) is 9.01. The van der Waals surface area contributed by atoms with Crippen LogP contribution in [0.2, 0.25) is 0 Å². The van der Waals surface area contributed by atoms with Crippen LogP contribution in [0.3, 0.4) is 0 Å². The van der Waals surface area contributed by atoms with Gasteiger partial charge in [0.05, 0.1) is 16.8 Å². The predicted molar refractivity (Wildman–Crippen MR) is 75.0 cm³/mol. The molecule has 1 aliphatic rings. The first kappa shape index (κ1) is 14.3. The fraction of sp³-hybridized carbons (Fsp3) is 0.571. The van der Waals surface area contributed by atoms with E-state index in [1.54, 1.807) is 31.2 Å². The summed E-state index contributed by atoms with van der Waals surface area (Å²) in [4.78, 5) is 0.355. The zero-order chi connectivity index (χ0) is 13.9. The molecule has 0 unspecified atom stereocenters. The standard InChI is InChI=1S/C14H21NO3S/c1-2-19(16,17)14-9-7-13(8-10-14)18-12-5-3-11(15)4-6-12/h7-12H,2-6,15H2,1H3. The highest BCUT2D eigenvalue weighted by Crippen LogP contribution is 2.24. The molecular weight excluding hydrogens is 262 g/mol. The molecule has 19 heavy (non-hydrogen) atoms. The van der Waals surface area contributed by atoms with Crippen LogP contribution in [0.25, 0.3) is 0 Å². The van der Waals surface area contributed by atoms with Gasteiger partial charge < -0.3 is 10.5 Å². The van der Waals surface area contributed by atoms with Gasteiger partial charge in [-0.15, -0.1) is 0 Å². The van der Waals surface area contributed by atoms with E-state index >= 15 is 0 Å². The van der Waals surface area contributed by atoms with Crippen LogP contribution in [0.1, 0.15) is 32.6 Å². The summed E-state index contributed by atoms with van der Waals surface area (Å²) in [7, 11) is -3.13. The third-order valence-corrected chi connectivity index (χ3v) is 5.33. The number of rotatable bonds is 4. The Balaban J connectivity index is 1.99. The monoisotopic (exact) mass is 283 g/mol. The Morgan fingerprint density at radius 3 is 2.26 bits per heavy atom. The van der Waals surface area contributed by atoms with Crippen molar-refractivity contribution in [1.29, 1.82) is 0 Å². The lowest BCUT2D eigenvalue weighted by atomic mass is 9.94. The molecule has 0 aliphatic heterocycles. The second-order valence-corrected chi connectivity index (χ2v) is 7.31. The van der Waals surface area contributed by atoms with Gasteiger partial charge in [0.15, 0.2) is 9.84 Å². The van der Waals surface area contributed by atoms with Crippen LogP contribution in [-0.4, -0.2) is 26.3 Å². The van der Waals surface area contributed by atoms with E-state index in [0.717, 1.165) is 31.4 Å². The minimum Gasteiger partial charge on any atom is -0.490 e. The molecule has 0 heterocycles. The molecule has 2 rings (SSSR count). The summed E-state index contributed by atoms with van der Waals surface area (Å²) in [6.07, 6.45) is 4.13. The van der Waals surface area contributed by atoms with Crippen molar-refractivity contribution < 1.29 is 13.2 Å². The van der Waals surface area contributed by atoms with E-state index in [1.807, 2.05) is 0 Å². The van der Waals surface area contributed by atoms with Crippen LogP contribution in [-0.2, 0) is 9.84 Å². The zero-order valence-corrected chi connectivity index (χ0v) is 12.0. The Labute approximate surface area is 114 Å². The topological polar surface area (TPSA) is 69.4 Å². The molecule has 2 N–H and O–H groups in total. The van der Waals surface area contributed by atoms with Crippen LogP contribution in [0.4, 0.5) is 0 Å². The van der Waals surface area contributed by atoms with E-state index in [0.29, 0.717) is 10.9 Å².